The van der Waals surface area contributed by atoms with Crippen LogP contribution in [-0.4, -0.2) is 24.0 Å². The quantitative estimate of drug-likeness (QED) is 0.908. The van der Waals surface area contributed by atoms with Gasteiger partial charge in [0.2, 0.25) is 0 Å². The highest BCUT2D eigenvalue weighted by atomic mass is 35.5. The van der Waals surface area contributed by atoms with E-state index in [0.29, 0.717) is 6.04 Å². The summed E-state index contributed by atoms with van der Waals surface area (Å²) in [7, 11) is 0. The van der Waals surface area contributed by atoms with Crippen molar-refractivity contribution in [3.63, 3.8) is 0 Å². The zero-order valence-electron chi connectivity index (χ0n) is 10.2. The lowest BCUT2D eigenvalue weighted by atomic mass is 10.0. The van der Waals surface area contributed by atoms with Crippen molar-refractivity contribution in [2.45, 2.75) is 25.4 Å². The summed E-state index contributed by atoms with van der Waals surface area (Å²) >= 11 is 0. The minimum atomic E-state index is 0. The lowest BCUT2D eigenvalue weighted by molar-refractivity contribution is 0.201. The van der Waals surface area contributed by atoms with Gasteiger partial charge in [-0.15, -0.1) is 24.8 Å². The van der Waals surface area contributed by atoms with Gasteiger partial charge >= 0.3 is 0 Å². The lowest BCUT2D eigenvalue weighted by Crippen LogP contribution is -2.42. The average Bonchev–Trinajstić information content (AvgIpc) is 2.30. The molecule has 0 bridgehead atoms. The summed E-state index contributed by atoms with van der Waals surface area (Å²) in [5, 5.41) is 9.01. The number of hydrogen-bond donors (Lipinski definition) is 1. The van der Waals surface area contributed by atoms with Crippen LogP contribution < -0.4 is 5.73 Å². The Morgan fingerprint density at radius 2 is 2.06 bits per heavy atom. The Kier molecular flexibility index (Phi) is 7.97. The van der Waals surface area contributed by atoms with Gasteiger partial charge in [0, 0.05) is 19.1 Å². The van der Waals surface area contributed by atoms with E-state index in [2.05, 4.69) is 11.0 Å². The summed E-state index contributed by atoms with van der Waals surface area (Å²) in [6.07, 6.45) is 2.28. The van der Waals surface area contributed by atoms with Crippen LogP contribution in [0.15, 0.2) is 24.3 Å². The fourth-order valence-corrected chi connectivity index (χ4v) is 2.24. The Bertz CT molecular complexity index is 403. The molecule has 0 amide bonds. The van der Waals surface area contributed by atoms with E-state index in [1.165, 1.54) is 0 Å². The monoisotopic (exact) mass is 287 g/mol. The molecule has 0 saturated carbocycles. The van der Waals surface area contributed by atoms with Crippen molar-refractivity contribution in [3.8, 4) is 6.07 Å². The predicted molar refractivity (Wildman–Crippen MR) is 78.1 cm³/mol. The fraction of sp³-hybridized carbons (Fsp3) is 0.462. The highest BCUT2D eigenvalue weighted by Crippen LogP contribution is 2.15. The van der Waals surface area contributed by atoms with Crippen LogP contribution in [0, 0.1) is 11.3 Å². The van der Waals surface area contributed by atoms with Crippen molar-refractivity contribution in [1.82, 2.24) is 4.90 Å². The Balaban J connectivity index is 0.00000144. The zero-order chi connectivity index (χ0) is 11.4. The van der Waals surface area contributed by atoms with Gasteiger partial charge in [0.1, 0.15) is 0 Å². The van der Waals surface area contributed by atoms with Gasteiger partial charge in [0.15, 0.2) is 0 Å². The first-order valence-electron chi connectivity index (χ1n) is 5.75. The molecule has 1 fully saturated rings. The van der Waals surface area contributed by atoms with E-state index in [9.17, 15) is 0 Å². The van der Waals surface area contributed by atoms with E-state index in [4.69, 9.17) is 11.0 Å². The summed E-state index contributed by atoms with van der Waals surface area (Å²) in [5.74, 6) is 0. The predicted octanol–water partition coefficient (Wildman–Crippen LogP) is 2.32. The highest BCUT2D eigenvalue weighted by Gasteiger charge is 2.17. The molecule has 5 heteroatoms. The SMILES string of the molecule is Cl.Cl.N#Cc1ccccc1CN1CCC[C@@H](N)C1. The van der Waals surface area contributed by atoms with E-state index < -0.39 is 0 Å². The second-order valence-corrected chi connectivity index (χ2v) is 4.41. The van der Waals surface area contributed by atoms with Crippen LogP contribution in [0.25, 0.3) is 0 Å². The van der Waals surface area contributed by atoms with Crippen LogP contribution in [0.1, 0.15) is 24.0 Å². The first-order chi connectivity index (χ1) is 7.79. The number of hydrogen-bond acceptors (Lipinski definition) is 3. The van der Waals surface area contributed by atoms with Crippen LogP contribution in [0.3, 0.4) is 0 Å². The number of nitrogens with zero attached hydrogens (tertiary/aromatic N) is 2. The average molecular weight is 288 g/mol. The number of piperidine rings is 1. The molecule has 1 aromatic rings. The fourth-order valence-electron chi connectivity index (χ4n) is 2.24. The molecule has 18 heavy (non-hydrogen) atoms. The van der Waals surface area contributed by atoms with Gasteiger partial charge in [0.05, 0.1) is 11.6 Å². The van der Waals surface area contributed by atoms with Crippen molar-refractivity contribution in [2.24, 2.45) is 5.73 Å². The van der Waals surface area contributed by atoms with E-state index in [1.807, 2.05) is 24.3 Å². The Morgan fingerprint density at radius 3 is 2.72 bits per heavy atom. The molecule has 3 nitrogen and oxygen atoms in total. The molecule has 100 valence electrons. The van der Waals surface area contributed by atoms with Crippen molar-refractivity contribution >= 4 is 24.8 Å². The van der Waals surface area contributed by atoms with Crippen molar-refractivity contribution in [3.05, 3.63) is 35.4 Å². The molecule has 2 rings (SSSR count). The van der Waals surface area contributed by atoms with Crippen LogP contribution >= 0.6 is 24.8 Å². The highest BCUT2D eigenvalue weighted by molar-refractivity contribution is 5.85. The number of nitriles is 1. The standard InChI is InChI=1S/C13H17N3.2ClH/c14-8-11-4-1-2-5-12(11)9-16-7-3-6-13(15)10-16;;/h1-2,4-5,13H,3,6-7,9-10,15H2;2*1H/t13-;;/m1../s1. The maximum absolute atomic E-state index is 9.01. The summed E-state index contributed by atoms with van der Waals surface area (Å²) in [4.78, 5) is 2.34. The van der Waals surface area contributed by atoms with Crippen molar-refractivity contribution in [2.75, 3.05) is 13.1 Å². The van der Waals surface area contributed by atoms with Crippen molar-refractivity contribution in [1.29, 1.82) is 5.26 Å². The first kappa shape index (κ1) is 17.2. The van der Waals surface area contributed by atoms with E-state index >= 15 is 0 Å². The molecule has 0 radical (unpaired) electrons. The molecule has 1 aliphatic heterocycles. The number of halogens is 2. The molecule has 1 atom stereocenters. The Hall–Kier alpha value is -0.790. The van der Waals surface area contributed by atoms with Crippen LogP contribution in [-0.2, 0) is 6.54 Å². The smallest absolute Gasteiger partial charge is 0.0995 e. The molecule has 0 spiro atoms. The molecule has 1 heterocycles. The van der Waals surface area contributed by atoms with Gasteiger partial charge in [-0.05, 0) is 31.0 Å². The molecule has 1 saturated heterocycles. The topological polar surface area (TPSA) is 53.0 Å². The summed E-state index contributed by atoms with van der Waals surface area (Å²) in [6.45, 7) is 2.88. The normalized spacial score (nSPS) is 19.2. The lowest BCUT2D eigenvalue weighted by Gasteiger charge is -2.30. The number of benzene rings is 1. The van der Waals surface area contributed by atoms with Gasteiger partial charge < -0.3 is 5.73 Å². The summed E-state index contributed by atoms with van der Waals surface area (Å²) in [6, 6.07) is 10.3. The third kappa shape index (κ3) is 4.47. The van der Waals surface area contributed by atoms with Gasteiger partial charge in [0.25, 0.3) is 0 Å². The van der Waals surface area contributed by atoms with Crippen molar-refractivity contribution < 1.29 is 0 Å². The second-order valence-electron chi connectivity index (χ2n) is 4.41. The van der Waals surface area contributed by atoms with E-state index in [1.54, 1.807) is 0 Å². The maximum Gasteiger partial charge on any atom is 0.0995 e. The third-order valence-electron chi connectivity index (χ3n) is 3.07. The first-order valence-corrected chi connectivity index (χ1v) is 5.75. The van der Waals surface area contributed by atoms with Crippen LogP contribution in [0.2, 0.25) is 0 Å². The zero-order valence-corrected chi connectivity index (χ0v) is 11.8. The number of rotatable bonds is 2. The van der Waals surface area contributed by atoms with Gasteiger partial charge in [-0.25, -0.2) is 0 Å². The van der Waals surface area contributed by atoms with Gasteiger partial charge in [-0.2, -0.15) is 5.26 Å². The Morgan fingerprint density at radius 1 is 1.33 bits per heavy atom. The Labute approximate surface area is 121 Å². The van der Waals surface area contributed by atoms with E-state index in [-0.39, 0.29) is 24.8 Å². The van der Waals surface area contributed by atoms with E-state index in [0.717, 1.165) is 43.6 Å². The minimum absolute atomic E-state index is 0. The third-order valence-corrected chi connectivity index (χ3v) is 3.07. The van der Waals surface area contributed by atoms with Gasteiger partial charge in [-0.3, -0.25) is 4.90 Å². The number of nitrogens with two attached hydrogens (primary N) is 1. The maximum atomic E-state index is 9.01. The molecule has 0 aromatic heterocycles. The number of likely N-dealkylation sites (tertiary alicyclic amines) is 1. The minimum Gasteiger partial charge on any atom is -0.327 e. The molecule has 1 aromatic carbocycles. The van der Waals surface area contributed by atoms with Crippen LogP contribution in [0.5, 0.6) is 0 Å². The summed E-state index contributed by atoms with van der Waals surface area (Å²) in [5.41, 5.74) is 7.83. The van der Waals surface area contributed by atoms with Crippen LogP contribution in [0.4, 0.5) is 0 Å². The largest absolute Gasteiger partial charge is 0.327 e. The molecule has 0 aliphatic carbocycles. The molecular formula is C13H19Cl2N3. The molecule has 1 aliphatic rings. The molecular weight excluding hydrogens is 269 g/mol. The molecule has 0 unspecified atom stereocenters. The van der Waals surface area contributed by atoms with Gasteiger partial charge in [-0.1, -0.05) is 18.2 Å². The summed E-state index contributed by atoms with van der Waals surface area (Å²) < 4.78 is 0. The second kappa shape index (κ2) is 8.34. The molecule has 2 N–H and O–H groups in total.